The van der Waals surface area contributed by atoms with Gasteiger partial charge in [-0.3, -0.25) is 4.79 Å². The van der Waals surface area contributed by atoms with Gasteiger partial charge in [0.15, 0.2) is 5.60 Å². The number of methoxy groups -OCH3 is 1. The highest BCUT2D eigenvalue weighted by atomic mass is 19.4. The molecule has 0 aliphatic carbocycles. The average Bonchev–Trinajstić information content (AvgIpc) is 2.34. The SMILES string of the molecule is CCC(C)C(=O)OC(C)(C)C(OCOC)(C(F)(F)F)C(F)(F)F. The van der Waals surface area contributed by atoms with Crippen molar-refractivity contribution < 1.29 is 45.3 Å². The van der Waals surface area contributed by atoms with E-state index in [1.165, 1.54) is 6.92 Å². The monoisotopic (exact) mass is 354 g/mol. The van der Waals surface area contributed by atoms with Crippen LogP contribution in [0.15, 0.2) is 0 Å². The first-order chi connectivity index (χ1) is 10.2. The Balaban J connectivity index is 6.04. The molecule has 0 aliphatic heterocycles. The van der Waals surface area contributed by atoms with E-state index in [0.717, 1.165) is 7.11 Å². The van der Waals surface area contributed by atoms with Crippen molar-refractivity contribution in [1.29, 1.82) is 0 Å². The predicted octanol–water partition coefficient (Wildman–Crippen LogP) is 3.84. The molecule has 1 unspecified atom stereocenters. The van der Waals surface area contributed by atoms with Crippen LogP contribution in [0.1, 0.15) is 34.1 Å². The summed E-state index contributed by atoms with van der Waals surface area (Å²) in [5.41, 5.74) is -7.80. The Morgan fingerprint density at radius 3 is 1.78 bits per heavy atom. The molecule has 0 aromatic carbocycles. The van der Waals surface area contributed by atoms with Gasteiger partial charge in [-0.15, -0.1) is 0 Å². The highest BCUT2D eigenvalue weighted by Crippen LogP contribution is 2.53. The summed E-state index contributed by atoms with van der Waals surface area (Å²) in [5, 5.41) is 0. The minimum Gasteiger partial charge on any atom is -0.456 e. The van der Waals surface area contributed by atoms with E-state index in [4.69, 9.17) is 0 Å². The molecule has 0 bridgehead atoms. The summed E-state index contributed by atoms with van der Waals surface area (Å²) >= 11 is 0. The molecule has 0 aromatic rings. The van der Waals surface area contributed by atoms with E-state index >= 15 is 0 Å². The van der Waals surface area contributed by atoms with Crippen molar-refractivity contribution in [3.05, 3.63) is 0 Å². The maximum Gasteiger partial charge on any atom is 0.430 e. The van der Waals surface area contributed by atoms with E-state index in [9.17, 15) is 31.1 Å². The topological polar surface area (TPSA) is 44.8 Å². The smallest absolute Gasteiger partial charge is 0.430 e. The lowest BCUT2D eigenvalue weighted by molar-refractivity contribution is -0.429. The van der Waals surface area contributed by atoms with Gasteiger partial charge in [-0.2, -0.15) is 26.3 Å². The Kier molecular flexibility index (Phi) is 6.92. The fourth-order valence-electron chi connectivity index (χ4n) is 1.92. The zero-order chi connectivity index (χ0) is 18.7. The van der Waals surface area contributed by atoms with Crippen LogP contribution in [0.4, 0.5) is 26.3 Å². The molecule has 0 amide bonds. The van der Waals surface area contributed by atoms with Gasteiger partial charge in [0.25, 0.3) is 0 Å². The van der Waals surface area contributed by atoms with Crippen molar-refractivity contribution in [2.24, 2.45) is 5.92 Å². The molecule has 10 heteroatoms. The van der Waals surface area contributed by atoms with Crippen LogP contribution < -0.4 is 0 Å². The van der Waals surface area contributed by atoms with Crippen molar-refractivity contribution in [2.75, 3.05) is 13.9 Å². The molecule has 0 rings (SSSR count). The predicted molar refractivity (Wildman–Crippen MR) is 67.4 cm³/mol. The standard InChI is InChI=1S/C13H20F6O4/c1-6-8(2)9(20)23-10(3,4)11(12(14,15)16,13(17,18)19)22-7-21-5/h8H,6-7H2,1-5H3. The number of esters is 1. The Morgan fingerprint density at radius 2 is 1.48 bits per heavy atom. The minimum absolute atomic E-state index is 0.193. The largest absolute Gasteiger partial charge is 0.456 e. The van der Waals surface area contributed by atoms with Crippen LogP contribution >= 0.6 is 0 Å². The van der Waals surface area contributed by atoms with Gasteiger partial charge in [0.2, 0.25) is 0 Å². The maximum atomic E-state index is 13.3. The molecule has 0 aromatic heterocycles. The van der Waals surface area contributed by atoms with E-state index in [2.05, 4.69) is 14.2 Å². The Morgan fingerprint density at radius 1 is 1.04 bits per heavy atom. The molecule has 23 heavy (non-hydrogen) atoms. The highest BCUT2D eigenvalue weighted by molar-refractivity contribution is 5.72. The summed E-state index contributed by atoms with van der Waals surface area (Å²) in [6.07, 6.45) is -11.6. The third kappa shape index (κ3) is 4.28. The van der Waals surface area contributed by atoms with Crippen LogP contribution in [0.2, 0.25) is 0 Å². The molecule has 0 saturated carbocycles. The summed E-state index contributed by atoms with van der Waals surface area (Å²) in [6, 6.07) is 0. The van der Waals surface area contributed by atoms with E-state index < -0.39 is 42.2 Å². The summed E-state index contributed by atoms with van der Waals surface area (Å²) < 4.78 is 92.8. The van der Waals surface area contributed by atoms with Crippen LogP contribution in [-0.2, 0) is 19.0 Å². The second-order valence-corrected chi connectivity index (χ2v) is 5.47. The number of carbonyl (C=O) groups excluding carboxylic acids is 1. The first-order valence-corrected chi connectivity index (χ1v) is 6.67. The first-order valence-electron chi connectivity index (χ1n) is 6.67. The lowest BCUT2D eigenvalue weighted by Crippen LogP contribution is -2.71. The van der Waals surface area contributed by atoms with Crippen molar-refractivity contribution in [1.82, 2.24) is 0 Å². The number of hydrogen-bond donors (Lipinski definition) is 0. The molecule has 0 radical (unpaired) electrons. The molecular weight excluding hydrogens is 334 g/mol. The summed E-state index contributed by atoms with van der Waals surface area (Å²) in [7, 11) is 0.871. The first kappa shape index (κ1) is 22.0. The number of hydrogen-bond acceptors (Lipinski definition) is 4. The maximum absolute atomic E-state index is 13.3. The quantitative estimate of drug-likeness (QED) is 0.396. The van der Waals surface area contributed by atoms with Crippen molar-refractivity contribution in [3.63, 3.8) is 0 Å². The lowest BCUT2D eigenvalue weighted by atomic mass is 9.83. The number of ether oxygens (including phenoxy) is 3. The number of rotatable bonds is 7. The van der Waals surface area contributed by atoms with Crippen LogP contribution in [0.25, 0.3) is 0 Å². The summed E-state index contributed by atoms with van der Waals surface area (Å²) in [6.45, 7) is 2.59. The molecular formula is C13H20F6O4. The van der Waals surface area contributed by atoms with Crippen molar-refractivity contribution >= 4 is 5.97 Å². The molecule has 0 saturated heterocycles. The van der Waals surface area contributed by atoms with Gasteiger partial charge in [0, 0.05) is 7.11 Å². The number of carbonyl (C=O) groups is 1. The fourth-order valence-corrected chi connectivity index (χ4v) is 1.92. The third-order valence-corrected chi connectivity index (χ3v) is 3.41. The fraction of sp³-hybridized carbons (Fsp3) is 0.923. The molecule has 1 atom stereocenters. The zero-order valence-corrected chi connectivity index (χ0v) is 13.4. The van der Waals surface area contributed by atoms with Crippen LogP contribution in [0.5, 0.6) is 0 Å². The van der Waals surface area contributed by atoms with E-state index in [1.54, 1.807) is 6.92 Å². The van der Waals surface area contributed by atoms with Gasteiger partial charge >= 0.3 is 23.9 Å². The molecule has 0 fully saturated rings. The second-order valence-electron chi connectivity index (χ2n) is 5.47. The average molecular weight is 354 g/mol. The van der Waals surface area contributed by atoms with Gasteiger partial charge in [-0.25, -0.2) is 0 Å². The van der Waals surface area contributed by atoms with Gasteiger partial charge < -0.3 is 14.2 Å². The lowest BCUT2D eigenvalue weighted by Gasteiger charge is -2.46. The third-order valence-electron chi connectivity index (χ3n) is 3.41. The Labute approximate surface area is 130 Å². The summed E-state index contributed by atoms with van der Waals surface area (Å²) in [5.74, 6) is -2.05. The molecule has 0 N–H and O–H groups in total. The highest BCUT2D eigenvalue weighted by Gasteiger charge is 2.80. The van der Waals surface area contributed by atoms with Crippen molar-refractivity contribution in [3.8, 4) is 0 Å². The van der Waals surface area contributed by atoms with Gasteiger partial charge in [0.05, 0.1) is 5.92 Å². The summed E-state index contributed by atoms with van der Waals surface area (Å²) in [4.78, 5) is 11.7. The normalized spacial score (nSPS) is 15.4. The molecule has 0 heterocycles. The van der Waals surface area contributed by atoms with E-state index in [-0.39, 0.29) is 6.42 Å². The van der Waals surface area contributed by atoms with E-state index in [1.807, 2.05) is 0 Å². The van der Waals surface area contributed by atoms with Crippen LogP contribution in [0, 0.1) is 5.92 Å². The minimum atomic E-state index is -5.90. The zero-order valence-electron chi connectivity index (χ0n) is 13.4. The molecule has 0 spiro atoms. The van der Waals surface area contributed by atoms with Gasteiger partial charge in [-0.1, -0.05) is 13.8 Å². The van der Waals surface area contributed by atoms with Crippen LogP contribution in [-0.4, -0.2) is 43.4 Å². The number of halogens is 6. The van der Waals surface area contributed by atoms with Gasteiger partial charge in [0.1, 0.15) is 6.79 Å². The van der Waals surface area contributed by atoms with Crippen molar-refractivity contribution in [2.45, 2.75) is 57.7 Å². The van der Waals surface area contributed by atoms with Crippen LogP contribution in [0.3, 0.4) is 0 Å². The molecule has 4 nitrogen and oxygen atoms in total. The van der Waals surface area contributed by atoms with E-state index in [0.29, 0.717) is 13.8 Å². The van der Waals surface area contributed by atoms with Gasteiger partial charge in [-0.05, 0) is 20.3 Å². The molecule has 138 valence electrons. The Hall–Kier alpha value is -1.03. The second kappa shape index (κ2) is 7.25. The Bertz CT molecular complexity index is 388. The number of alkyl halides is 6. The molecule has 0 aliphatic rings.